The summed E-state index contributed by atoms with van der Waals surface area (Å²) < 4.78 is 40.1. The highest BCUT2D eigenvalue weighted by Crippen LogP contribution is 2.28. The van der Waals surface area contributed by atoms with Crippen molar-refractivity contribution in [3.05, 3.63) is 52.8 Å². The smallest absolute Gasteiger partial charge is 0.263 e. The predicted octanol–water partition coefficient (Wildman–Crippen LogP) is 2.73. The van der Waals surface area contributed by atoms with Crippen LogP contribution in [0.3, 0.4) is 0 Å². The second-order valence-corrected chi connectivity index (χ2v) is 6.12. The fraction of sp³-hybridized carbons (Fsp3) is 0. The van der Waals surface area contributed by atoms with E-state index in [1.54, 1.807) is 0 Å². The third-order valence-electron chi connectivity index (χ3n) is 2.63. The van der Waals surface area contributed by atoms with Crippen LogP contribution >= 0.6 is 11.6 Å². The van der Waals surface area contributed by atoms with E-state index >= 15 is 0 Å². The van der Waals surface area contributed by atoms with Gasteiger partial charge in [-0.05, 0) is 30.3 Å². The van der Waals surface area contributed by atoms with E-state index in [1.807, 2.05) is 6.07 Å². The first-order chi connectivity index (χ1) is 9.85. The minimum absolute atomic E-state index is 0.0525. The van der Waals surface area contributed by atoms with Crippen LogP contribution in [0, 0.1) is 17.1 Å². The standard InChI is InChI=1S/C13H9ClFN3O2S/c14-9-6-8(7-16)4-5-12(9)21(19,20)18-13-10(15)2-1-3-11(13)17/h1-6,18H,17H2. The Hall–Kier alpha value is -2.30. The van der Waals surface area contributed by atoms with Crippen LogP contribution in [0.1, 0.15) is 5.56 Å². The number of para-hydroxylation sites is 1. The van der Waals surface area contributed by atoms with E-state index < -0.39 is 15.8 Å². The highest BCUT2D eigenvalue weighted by atomic mass is 35.5. The SMILES string of the molecule is N#Cc1ccc(S(=O)(=O)Nc2c(N)cccc2F)c(Cl)c1. The maximum Gasteiger partial charge on any atom is 0.263 e. The van der Waals surface area contributed by atoms with Crippen LogP contribution in [-0.4, -0.2) is 8.42 Å². The van der Waals surface area contributed by atoms with Crippen molar-refractivity contribution in [3.8, 4) is 6.07 Å². The molecule has 0 bridgehead atoms. The largest absolute Gasteiger partial charge is 0.397 e. The molecular weight excluding hydrogens is 317 g/mol. The summed E-state index contributed by atoms with van der Waals surface area (Å²) in [4.78, 5) is -0.272. The number of nitrogens with zero attached hydrogens (tertiary/aromatic N) is 1. The summed E-state index contributed by atoms with van der Waals surface area (Å²) in [7, 11) is -4.13. The van der Waals surface area contributed by atoms with Gasteiger partial charge in [0, 0.05) is 0 Å². The second kappa shape index (κ2) is 5.60. The molecule has 2 rings (SSSR count). The van der Waals surface area contributed by atoms with E-state index in [9.17, 15) is 12.8 Å². The number of hydrogen-bond acceptors (Lipinski definition) is 4. The van der Waals surface area contributed by atoms with Gasteiger partial charge in [-0.15, -0.1) is 0 Å². The maximum absolute atomic E-state index is 13.6. The van der Waals surface area contributed by atoms with Gasteiger partial charge in [-0.25, -0.2) is 12.8 Å². The Bertz CT molecular complexity index is 827. The zero-order valence-electron chi connectivity index (χ0n) is 10.5. The van der Waals surface area contributed by atoms with E-state index in [0.717, 1.165) is 6.07 Å². The fourth-order valence-corrected chi connectivity index (χ4v) is 3.27. The van der Waals surface area contributed by atoms with E-state index in [1.165, 1.54) is 30.3 Å². The first-order valence-corrected chi connectivity index (χ1v) is 7.48. The molecule has 5 nitrogen and oxygen atoms in total. The molecule has 0 aromatic heterocycles. The van der Waals surface area contributed by atoms with Crippen LogP contribution in [0.25, 0.3) is 0 Å². The van der Waals surface area contributed by atoms with Gasteiger partial charge in [0.25, 0.3) is 10.0 Å². The lowest BCUT2D eigenvalue weighted by Crippen LogP contribution is -2.15. The van der Waals surface area contributed by atoms with E-state index in [-0.39, 0.29) is 26.9 Å². The van der Waals surface area contributed by atoms with Gasteiger partial charge < -0.3 is 5.73 Å². The van der Waals surface area contributed by atoms with Gasteiger partial charge in [-0.1, -0.05) is 17.7 Å². The molecule has 0 amide bonds. The summed E-state index contributed by atoms with van der Waals surface area (Å²) in [6, 6.07) is 9.31. The summed E-state index contributed by atoms with van der Waals surface area (Å²) in [6.07, 6.45) is 0. The molecular formula is C13H9ClFN3O2S. The molecule has 0 saturated heterocycles. The van der Waals surface area contributed by atoms with Crippen LogP contribution < -0.4 is 10.5 Å². The van der Waals surface area contributed by atoms with E-state index in [4.69, 9.17) is 22.6 Å². The summed E-state index contributed by atoms with van der Waals surface area (Å²) in [5, 5.41) is 8.58. The van der Waals surface area contributed by atoms with Crippen molar-refractivity contribution in [2.75, 3.05) is 10.5 Å². The first-order valence-electron chi connectivity index (χ1n) is 5.61. The molecule has 0 aliphatic rings. The third-order valence-corrected chi connectivity index (χ3v) is 4.47. The van der Waals surface area contributed by atoms with Gasteiger partial charge in [0.2, 0.25) is 0 Å². The Kier molecular flexibility index (Phi) is 4.02. The number of nitrogens with one attached hydrogen (secondary N) is 1. The van der Waals surface area contributed by atoms with Crippen molar-refractivity contribution in [3.63, 3.8) is 0 Å². The van der Waals surface area contributed by atoms with Gasteiger partial charge in [0.1, 0.15) is 16.4 Å². The second-order valence-electron chi connectivity index (χ2n) is 4.07. The number of hydrogen-bond donors (Lipinski definition) is 2. The highest BCUT2D eigenvalue weighted by molar-refractivity contribution is 7.92. The van der Waals surface area contributed by atoms with Crippen molar-refractivity contribution >= 4 is 33.0 Å². The van der Waals surface area contributed by atoms with Crippen LogP contribution in [0.5, 0.6) is 0 Å². The molecule has 0 unspecified atom stereocenters. The lowest BCUT2D eigenvalue weighted by atomic mass is 10.2. The maximum atomic E-state index is 13.6. The van der Waals surface area contributed by atoms with Crippen molar-refractivity contribution in [2.45, 2.75) is 4.90 Å². The van der Waals surface area contributed by atoms with Gasteiger partial charge in [0.05, 0.1) is 22.3 Å². The molecule has 0 saturated carbocycles. The van der Waals surface area contributed by atoms with E-state index in [0.29, 0.717) is 0 Å². The number of nitrogens with two attached hydrogens (primary N) is 1. The average Bonchev–Trinajstić information content (AvgIpc) is 2.42. The van der Waals surface area contributed by atoms with Gasteiger partial charge in [0.15, 0.2) is 0 Å². The average molecular weight is 326 g/mol. The van der Waals surface area contributed by atoms with Crippen LogP contribution in [0.2, 0.25) is 5.02 Å². The zero-order valence-corrected chi connectivity index (χ0v) is 12.0. The summed E-state index contributed by atoms with van der Waals surface area (Å²) in [5.41, 5.74) is 5.36. The van der Waals surface area contributed by atoms with Gasteiger partial charge >= 0.3 is 0 Å². The van der Waals surface area contributed by atoms with Crippen LogP contribution in [0.4, 0.5) is 15.8 Å². The summed E-state index contributed by atoms with van der Waals surface area (Å²) in [6.45, 7) is 0. The summed E-state index contributed by atoms with van der Waals surface area (Å²) in [5.74, 6) is -0.802. The van der Waals surface area contributed by atoms with Crippen molar-refractivity contribution < 1.29 is 12.8 Å². The monoisotopic (exact) mass is 325 g/mol. The van der Waals surface area contributed by atoms with Crippen LogP contribution in [0.15, 0.2) is 41.3 Å². The first kappa shape index (κ1) is 15.1. The molecule has 2 aromatic carbocycles. The fourth-order valence-electron chi connectivity index (χ4n) is 1.63. The van der Waals surface area contributed by atoms with E-state index in [2.05, 4.69) is 4.72 Å². The minimum Gasteiger partial charge on any atom is -0.397 e. The number of benzene rings is 2. The third kappa shape index (κ3) is 3.07. The molecule has 0 atom stereocenters. The molecule has 0 aliphatic carbocycles. The minimum atomic E-state index is -4.13. The zero-order chi connectivity index (χ0) is 15.6. The Balaban J connectivity index is 2.47. The normalized spacial score (nSPS) is 10.9. The molecule has 0 fully saturated rings. The van der Waals surface area contributed by atoms with Crippen molar-refractivity contribution in [1.29, 1.82) is 5.26 Å². The quantitative estimate of drug-likeness (QED) is 0.848. The van der Waals surface area contributed by atoms with Gasteiger partial charge in [-0.2, -0.15) is 5.26 Å². The molecule has 2 aromatic rings. The Morgan fingerprint density at radius 2 is 2.00 bits per heavy atom. The Labute approximate surface area is 125 Å². The predicted molar refractivity (Wildman–Crippen MR) is 77.8 cm³/mol. The topological polar surface area (TPSA) is 96.0 Å². The number of nitriles is 1. The number of anilines is 2. The van der Waals surface area contributed by atoms with Crippen molar-refractivity contribution in [1.82, 2.24) is 0 Å². The Morgan fingerprint density at radius 1 is 1.29 bits per heavy atom. The number of rotatable bonds is 3. The molecule has 0 aliphatic heterocycles. The lowest BCUT2D eigenvalue weighted by Gasteiger charge is -2.12. The number of nitrogen functional groups attached to an aromatic ring is 1. The lowest BCUT2D eigenvalue weighted by molar-refractivity contribution is 0.598. The van der Waals surface area contributed by atoms with Gasteiger partial charge in [-0.3, -0.25) is 4.72 Å². The molecule has 3 N–H and O–H groups in total. The molecule has 8 heteroatoms. The molecule has 21 heavy (non-hydrogen) atoms. The molecule has 0 radical (unpaired) electrons. The van der Waals surface area contributed by atoms with Crippen LogP contribution in [-0.2, 0) is 10.0 Å². The number of halogens is 2. The highest BCUT2D eigenvalue weighted by Gasteiger charge is 2.21. The molecule has 108 valence electrons. The molecule has 0 spiro atoms. The van der Waals surface area contributed by atoms with Crippen molar-refractivity contribution in [2.24, 2.45) is 0 Å². The Morgan fingerprint density at radius 3 is 2.57 bits per heavy atom. The summed E-state index contributed by atoms with van der Waals surface area (Å²) >= 11 is 5.84. The molecule has 0 heterocycles. The number of sulfonamides is 1.